The van der Waals surface area contributed by atoms with E-state index >= 15 is 0 Å². The smallest absolute Gasteiger partial charge is 0.254 e. The van der Waals surface area contributed by atoms with Crippen LogP contribution >= 0.6 is 0 Å². The van der Waals surface area contributed by atoms with Crippen molar-refractivity contribution in [2.24, 2.45) is 0 Å². The highest BCUT2D eigenvalue weighted by atomic mass is 16.5. The normalized spacial score (nSPS) is 12.3. The molecule has 0 bridgehead atoms. The number of nitrogens with zero attached hydrogens (tertiary/aromatic N) is 1. The van der Waals surface area contributed by atoms with Crippen molar-refractivity contribution in [3.63, 3.8) is 0 Å². The first-order chi connectivity index (χ1) is 11.7. The molecule has 2 heterocycles. The van der Waals surface area contributed by atoms with Gasteiger partial charge in [-0.2, -0.15) is 0 Å². The quantitative estimate of drug-likeness (QED) is 0.763. The minimum Gasteiger partial charge on any atom is -0.497 e. The van der Waals surface area contributed by atoms with Crippen molar-refractivity contribution in [3.05, 3.63) is 40.2 Å². The summed E-state index contributed by atoms with van der Waals surface area (Å²) in [5, 5.41) is 0. The molecule has 1 aliphatic heterocycles. The number of unbranched alkanes of at least 4 members (excludes halogenated alkanes) is 1. The fourth-order valence-electron chi connectivity index (χ4n) is 3.07. The summed E-state index contributed by atoms with van der Waals surface area (Å²) >= 11 is 0. The Balaban J connectivity index is 2.11. The number of hydrogen-bond acceptors (Lipinski definition) is 4. The fourth-order valence-corrected chi connectivity index (χ4v) is 3.07. The highest BCUT2D eigenvalue weighted by molar-refractivity contribution is 5.75. The maximum Gasteiger partial charge on any atom is 0.254 e. The number of ether oxygens (including phenoxy) is 3. The summed E-state index contributed by atoms with van der Waals surface area (Å²) < 4.78 is 18.4. The number of aromatic nitrogens is 1. The average molecular weight is 329 g/mol. The molecule has 0 saturated carbocycles. The average Bonchev–Trinajstić information content (AvgIpc) is 2.60. The lowest BCUT2D eigenvalue weighted by Crippen LogP contribution is -2.26. The number of hydrogen-bond donors (Lipinski definition) is 0. The number of pyridine rings is 1. The fraction of sp³-hybridized carbons (Fsp3) is 0.421. The SMILES string of the molecule is CCCCOc1cc2n(c(=O)c1)CCc1cc(OC)cc(OC)c1-2. The van der Waals surface area contributed by atoms with Crippen LogP contribution < -0.4 is 19.8 Å². The number of aryl methyl sites for hydroxylation is 1. The molecule has 5 heteroatoms. The highest BCUT2D eigenvalue weighted by Gasteiger charge is 2.23. The molecule has 1 aromatic heterocycles. The van der Waals surface area contributed by atoms with Gasteiger partial charge in [0.1, 0.15) is 17.2 Å². The Kier molecular flexibility index (Phi) is 4.79. The Morgan fingerprint density at radius 3 is 2.62 bits per heavy atom. The molecule has 0 spiro atoms. The van der Waals surface area contributed by atoms with E-state index in [9.17, 15) is 4.79 Å². The molecule has 0 aliphatic carbocycles. The first kappa shape index (κ1) is 16.4. The molecule has 0 atom stereocenters. The number of methoxy groups -OCH3 is 2. The largest absolute Gasteiger partial charge is 0.497 e. The third kappa shape index (κ3) is 2.98. The molecule has 3 rings (SSSR count). The van der Waals surface area contributed by atoms with Crippen molar-refractivity contribution in [1.29, 1.82) is 0 Å². The van der Waals surface area contributed by atoms with E-state index in [-0.39, 0.29) is 5.56 Å². The van der Waals surface area contributed by atoms with Crippen LogP contribution in [0.1, 0.15) is 25.3 Å². The third-order valence-electron chi connectivity index (χ3n) is 4.34. The van der Waals surface area contributed by atoms with E-state index in [4.69, 9.17) is 14.2 Å². The Morgan fingerprint density at radius 2 is 1.92 bits per heavy atom. The molecule has 128 valence electrons. The van der Waals surface area contributed by atoms with Crippen molar-refractivity contribution in [2.45, 2.75) is 32.7 Å². The minimum atomic E-state index is -0.0393. The Labute approximate surface area is 141 Å². The summed E-state index contributed by atoms with van der Waals surface area (Å²) in [6, 6.07) is 7.37. The van der Waals surface area contributed by atoms with E-state index in [0.29, 0.717) is 24.7 Å². The number of rotatable bonds is 6. The molecule has 1 aliphatic rings. The van der Waals surface area contributed by atoms with E-state index in [1.54, 1.807) is 24.9 Å². The second-order valence-corrected chi connectivity index (χ2v) is 5.88. The Morgan fingerprint density at radius 1 is 1.08 bits per heavy atom. The molecule has 0 fully saturated rings. The molecule has 0 saturated heterocycles. The summed E-state index contributed by atoms with van der Waals surface area (Å²) in [6.07, 6.45) is 2.79. The zero-order chi connectivity index (χ0) is 17.1. The van der Waals surface area contributed by atoms with Crippen LogP contribution in [0.15, 0.2) is 29.1 Å². The van der Waals surface area contributed by atoms with Crippen LogP contribution in [-0.4, -0.2) is 25.4 Å². The first-order valence-electron chi connectivity index (χ1n) is 8.31. The summed E-state index contributed by atoms with van der Waals surface area (Å²) in [6.45, 7) is 3.37. The van der Waals surface area contributed by atoms with Crippen LogP contribution in [0.2, 0.25) is 0 Å². The molecule has 0 N–H and O–H groups in total. The molecule has 0 unspecified atom stereocenters. The van der Waals surface area contributed by atoms with Crippen molar-refractivity contribution in [3.8, 4) is 28.5 Å². The van der Waals surface area contributed by atoms with Gasteiger partial charge in [-0.25, -0.2) is 0 Å². The van der Waals surface area contributed by atoms with Gasteiger partial charge in [0.2, 0.25) is 0 Å². The third-order valence-corrected chi connectivity index (χ3v) is 4.34. The van der Waals surface area contributed by atoms with Gasteiger partial charge in [0, 0.05) is 30.3 Å². The van der Waals surface area contributed by atoms with Gasteiger partial charge in [-0.05, 0) is 24.5 Å². The zero-order valence-corrected chi connectivity index (χ0v) is 14.4. The summed E-state index contributed by atoms with van der Waals surface area (Å²) in [5.74, 6) is 2.09. The van der Waals surface area contributed by atoms with Gasteiger partial charge in [-0.15, -0.1) is 0 Å². The summed E-state index contributed by atoms with van der Waals surface area (Å²) in [4.78, 5) is 12.5. The second-order valence-electron chi connectivity index (χ2n) is 5.88. The van der Waals surface area contributed by atoms with Gasteiger partial charge in [0.25, 0.3) is 5.56 Å². The van der Waals surface area contributed by atoms with Gasteiger partial charge < -0.3 is 18.8 Å². The maximum absolute atomic E-state index is 12.5. The van der Waals surface area contributed by atoms with Crippen molar-refractivity contribution in [2.75, 3.05) is 20.8 Å². The van der Waals surface area contributed by atoms with Gasteiger partial charge in [0.05, 0.1) is 26.5 Å². The highest BCUT2D eigenvalue weighted by Crippen LogP contribution is 2.40. The summed E-state index contributed by atoms with van der Waals surface area (Å²) in [7, 11) is 3.27. The Hall–Kier alpha value is -2.43. The molecular formula is C19H23NO4. The van der Waals surface area contributed by atoms with E-state index in [0.717, 1.165) is 41.8 Å². The van der Waals surface area contributed by atoms with Crippen LogP contribution in [-0.2, 0) is 13.0 Å². The standard InChI is InChI=1S/C19H23NO4/c1-4-5-8-24-15-10-16-19-13(6-7-20(16)18(21)12-15)9-14(22-2)11-17(19)23-3/h9-12H,4-8H2,1-3H3. The molecule has 5 nitrogen and oxygen atoms in total. The predicted octanol–water partition coefficient (Wildman–Crippen LogP) is 3.27. The lowest BCUT2D eigenvalue weighted by molar-refractivity contribution is 0.308. The molecular weight excluding hydrogens is 306 g/mol. The molecule has 1 aromatic carbocycles. The van der Waals surface area contributed by atoms with Crippen LogP contribution in [0.4, 0.5) is 0 Å². The Bertz CT molecular complexity index is 777. The summed E-state index contributed by atoms with van der Waals surface area (Å²) in [5.41, 5.74) is 2.87. The number of fused-ring (bicyclic) bond motifs is 3. The van der Waals surface area contributed by atoms with E-state index < -0.39 is 0 Å². The topological polar surface area (TPSA) is 49.7 Å². The molecule has 0 amide bonds. The van der Waals surface area contributed by atoms with Crippen LogP contribution in [0.5, 0.6) is 17.2 Å². The predicted molar refractivity (Wildman–Crippen MR) is 93.3 cm³/mol. The van der Waals surface area contributed by atoms with Crippen molar-refractivity contribution < 1.29 is 14.2 Å². The van der Waals surface area contributed by atoms with Crippen LogP contribution in [0, 0.1) is 0 Å². The van der Waals surface area contributed by atoms with Crippen molar-refractivity contribution in [1.82, 2.24) is 4.57 Å². The number of benzene rings is 1. The maximum atomic E-state index is 12.5. The van der Waals surface area contributed by atoms with E-state index in [2.05, 4.69) is 6.92 Å². The molecule has 24 heavy (non-hydrogen) atoms. The van der Waals surface area contributed by atoms with Gasteiger partial charge in [0.15, 0.2) is 0 Å². The van der Waals surface area contributed by atoms with E-state index in [1.165, 1.54) is 0 Å². The van der Waals surface area contributed by atoms with E-state index in [1.807, 2.05) is 18.2 Å². The van der Waals surface area contributed by atoms with Crippen LogP contribution in [0.3, 0.4) is 0 Å². The molecule has 0 radical (unpaired) electrons. The van der Waals surface area contributed by atoms with Gasteiger partial charge >= 0.3 is 0 Å². The molecule has 2 aromatic rings. The lowest BCUT2D eigenvalue weighted by Gasteiger charge is -2.24. The van der Waals surface area contributed by atoms with Crippen LogP contribution in [0.25, 0.3) is 11.3 Å². The zero-order valence-electron chi connectivity index (χ0n) is 14.4. The first-order valence-corrected chi connectivity index (χ1v) is 8.31. The van der Waals surface area contributed by atoms with Gasteiger partial charge in [-0.1, -0.05) is 13.3 Å². The monoisotopic (exact) mass is 329 g/mol. The second kappa shape index (κ2) is 6.99. The van der Waals surface area contributed by atoms with Gasteiger partial charge in [-0.3, -0.25) is 4.79 Å². The van der Waals surface area contributed by atoms with Crippen molar-refractivity contribution >= 4 is 0 Å². The lowest BCUT2D eigenvalue weighted by atomic mass is 9.95. The minimum absolute atomic E-state index is 0.0393.